The van der Waals surface area contributed by atoms with Crippen molar-refractivity contribution in [1.82, 2.24) is 25.5 Å². The minimum atomic E-state index is -0.610. The normalized spacial score (nSPS) is 19.1. The standard InChI is InChI=1S/C26H35FN6O2/c1-15(2)24(31-25(34)16(3)28-5)26(35)33-11-6-7-22(33)20-14-23(30-17(4)29-20)32-12-10-18-13-19(27)8-9-21(18)32/h8-9,13-16,22,24,28H,6-7,10-12H2,1-5H3,(H,31,34)/t16?,22?,24-/m0/s1. The molecular formula is C26H35FN6O2. The number of rotatable bonds is 7. The number of aryl methyl sites for hydroxylation is 1. The number of likely N-dealkylation sites (N-methyl/N-ethyl adjacent to an activating group) is 1. The summed E-state index contributed by atoms with van der Waals surface area (Å²) >= 11 is 0. The zero-order valence-electron chi connectivity index (χ0n) is 21.1. The molecule has 3 heterocycles. The van der Waals surface area contributed by atoms with Crippen LogP contribution in [0.15, 0.2) is 24.3 Å². The number of fused-ring (bicyclic) bond motifs is 1. The fourth-order valence-electron chi connectivity index (χ4n) is 4.93. The lowest BCUT2D eigenvalue weighted by Crippen LogP contribution is -2.54. The molecule has 2 unspecified atom stereocenters. The van der Waals surface area contributed by atoms with E-state index in [4.69, 9.17) is 4.98 Å². The van der Waals surface area contributed by atoms with Crippen LogP contribution in [0, 0.1) is 18.7 Å². The monoisotopic (exact) mass is 482 g/mol. The SMILES string of the molecule is CNC(C)C(=O)N[C@H](C(=O)N1CCCC1c1cc(N2CCc3cc(F)ccc32)nc(C)n1)C(C)C. The molecule has 3 atom stereocenters. The van der Waals surface area contributed by atoms with Crippen molar-refractivity contribution in [3.8, 4) is 0 Å². The number of carbonyl (C=O) groups excluding carboxylic acids is 2. The van der Waals surface area contributed by atoms with E-state index in [0.29, 0.717) is 18.9 Å². The first-order valence-electron chi connectivity index (χ1n) is 12.4. The van der Waals surface area contributed by atoms with Crippen LogP contribution in [-0.4, -0.2) is 58.9 Å². The molecular weight excluding hydrogens is 447 g/mol. The smallest absolute Gasteiger partial charge is 0.245 e. The summed E-state index contributed by atoms with van der Waals surface area (Å²) in [5.74, 6) is 0.818. The lowest BCUT2D eigenvalue weighted by Gasteiger charge is -2.32. The Bertz CT molecular complexity index is 1110. The van der Waals surface area contributed by atoms with Crippen molar-refractivity contribution in [2.75, 3.05) is 25.0 Å². The van der Waals surface area contributed by atoms with E-state index in [1.54, 1.807) is 26.1 Å². The topological polar surface area (TPSA) is 90.5 Å². The summed E-state index contributed by atoms with van der Waals surface area (Å²) in [6.45, 7) is 8.84. The number of hydrogen-bond donors (Lipinski definition) is 2. The Balaban J connectivity index is 1.60. The van der Waals surface area contributed by atoms with E-state index in [1.165, 1.54) is 6.07 Å². The number of nitrogens with one attached hydrogen (secondary N) is 2. The Labute approximate surface area is 206 Å². The molecule has 2 aliphatic heterocycles. The minimum absolute atomic E-state index is 0.0547. The highest BCUT2D eigenvalue weighted by molar-refractivity contribution is 5.90. The van der Waals surface area contributed by atoms with Gasteiger partial charge in [0, 0.05) is 24.8 Å². The summed E-state index contributed by atoms with van der Waals surface area (Å²) in [5, 5.41) is 5.86. The zero-order valence-corrected chi connectivity index (χ0v) is 21.1. The maximum Gasteiger partial charge on any atom is 0.245 e. The van der Waals surface area contributed by atoms with Crippen LogP contribution < -0.4 is 15.5 Å². The number of halogens is 1. The van der Waals surface area contributed by atoms with Gasteiger partial charge in [0.05, 0.1) is 17.8 Å². The van der Waals surface area contributed by atoms with Crippen molar-refractivity contribution in [3.63, 3.8) is 0 Å². The van der Waals surface area contributed by atoms with Gasteiger partial charge in [-0.2, -0.15) is 0 Å². The highest BCUT2D eigenvalue weighted by Gasteiger charge is 2.37. The summed E-state index contributed by atoms with van der Waals surface area (Å²) < 4.78 is 13.7. The summed E-state index contributed by atoms with van der Waals surface area (Å²) in [7, 11) is 1.72. The molecule has 0 aliphatic carbocycles. The Morgan fingerprint density at radius 3 is 2.63 bits per heavy atom. The highest BCUT2D eigenvalue weighted by atomic mass is 19.1. The van der Waals surface area contributed by atoms with E-state index in [0.717, 1.165) is 42.0 Å². The van der Waals surface area contributed by atoms with Crippen molar-refractivity contribution in [3.05, 3.63) is 47.2 Å². The average molecular weight is 483 g/mol. The van der Waals surface area contributed by atoms with Gasteiger partial charge < -0.3 is 20.4 Å². The van der Waals surface area contributed by atoms with Gasteiger partial charge in [0.2, 0.25) is 11.8 Å². The van der Waals surface area contributed by atoms with Crippen LogP contribution in [0.2, 0.25) is 0 Å². The molecule has 8 nitrogen and oxygen atoms in total. The zero-order chi connectivity index (χ0) is 25.3. The first-order valence-corrected chi connectivity index (χ1v) is 12.4. The molecule has 0 bridgehead atoms. The molecule has 188 valence electrons. The van der Waals surface area contributed by atoms with Gasteiger partial charge in [-0.15, -0.1) is 0 Å². The van der Waals surface area contributed by atoms with Crippen molar-refractivity contribution < 1.29 is 14.0 Å². The molecule has 0 radical (unpaired) electrons. The largest absolute Gasteiger partial charge is 0.343 e. The van der Waals surface area contributed by atoms with Gasteiger partial charge in [0.15, 0.2) is 0 Å². The van der Waals surface area contributed by atoms with E-state index < -0.39 is 6.04 Å². The minimum Gasteiger partial charge on any atom is -0.343 e. The second kappa shape index (κ2) is 10.3. The van der Waals surface area contributed by atoms with Gasteiger partial charge in [0.25, 0.3) is 0 Å². The number of likely N-dealkylation sites (tertiary alicyclic amines) is 1. The predicted molar refractivity (Wildman–Crippen MR) is 133 cm³/mol. The third kappa shape index (κ3) is 5.15. The van der Waals surface area contributed by atoms with Crippen molar-refractivity contribution >= 4 is 23.3 Å². The Morgan fingerprint density at radius 2 is 1.91 bits per heavy atom. The van der Waals surface area contributed by atoms with Gasteiger partial charge in [-0.25, -0.2) is 14.4 Å². The fourth-order valence-corrected chi connectivity index (χ4v) is 4.93. The Kier molecular flexibility index (Phi) is 7.35. The molecule has 0 saturated carbocycles. The molecule has 1 fully saturated rings. The van der Waals surface area contributed by atoms with E-state index in [-0.39, 0.29) is 35.6 Å². The van der Waals surface area contributed by atoms with Gasteiger partial charge in [-0.1, -0.05) is 13.8 Å². The van der Waals surface area contributed by atoms with Crippen LogP contribution in [0.25, 0.3) is 0 Å². The molecule has 2 aliphatic rings. The molecule has 4 rings (SSSR count). The fraction of sp³-hybridized carbons (Fsp3) is 0.538. The van der Waals surface area contributed by atoms with Crippen LogP contribution in [0.4, 0.5) is 15.9 Å². The number of aromatic nitrogens is 2. The quantitative estimate of drug-likeness (QED) is 0.631. The summed E-state index contributed by atoms with van der Waals surface area (Å²) in [6.07, 6.45) is 2.42. The summed E-state index contributed by atoms with van der Waals surface area (Å²) in [5.41, 5.74) is 2.72. The predicted octanol–water partition coefficient (Wildman–Crippen LogP) is 3.03. The van der Waals surface area contributed by atoms with Crippen molar-refractivity contribution in [2.45, 2.75) is 65.1 Å². The van der Waals surface area contributed by atoms with Gasteiger partial charge in [-0.05, 0) is 69.8 Å². The maximum atomic E-state index is 13.7. The summed E-state index contributed by atoms with van der Waals surface area (Å²) in [4.78, 5) is 39.5. The number of benzene rings is 1. The van der Waals surface area contributed by atoms with Crippen LogP contribution >= 0.6 is 0 Å². The van der Waals surface area contributed by atoms with Crippen LogP contribution in [0.1, 0.15) is 56.7 Å². The first-order chi connectivity index (χ1) is 16.7. The molecule has 2 amide bonds. The van der Waals surface area contributed by atoms with Gasteiger partial charge in [-0.3, -0.25) is 9.59 Å². The Morgan fingerprint density at radius 1 is 1.14 bits per heavy atom. The molecule has 9 heteroatoms. The van der Waals surface area contributed by atoms with Crippen molar-refractivity contribution in [1.29, 1.82) is 0 Å². The van der Waals surface area contributed by atoms with Gasteiger partial charge >= 0.3 is 0 Å². The number of anilines is 2. The molecule has 1 aromatic heterocycles. The third-order valence-electron chi connectivity index (χ3n) is 6.99. The second-order valence-corrected chi connectivity index (χ2v) is 9.80. The third-order valence-corrected chi connectivity index (χ3v) is 6.99. The van der Waals surface area contributed by atoms with Crippen LogP contribution in [-0.2, 0) is 16.0 Å². The van der Waals surface area contributed by atoms with E-state index in [2.05, 4.69) is 20.5 Å². The molecule has 2 aromatic rings. The Hall–Kier alpha value is -3.07. The van der Waals surface area contributed by atoms with Crippen LogP contribution in [0.5, 0.6) is 0 Å². The summed E-state index contributed by atoms with van der Waals surface area (Å²) in [6, 6.07) is 5.62. The van der Waals surface area contributed by atoms with Crippen LogP contribution in [0.3, 0.4) is 0 Å². The second-order valence-electron chi connectivity index (χ2n) is 9.80. The first kappa shape index (κ1) is 25.0. The van der Waals surface area contributed by atoms with E-state index in [9.17, 15) is 14.0 Å². The lowest BCUT2D eigenvalue weighted by atomic mass is 10.0. The van der Waals surface area contributed by atoms with E-state index >= 15 is 0 Å². The molecule has 1 saturated heterocycles. The maximum absolute atomic E-state index is 13.7. The number of hydrogen-bond acceptors (Lipinski definition) is 6. The number of amides is 2. The number of carbonyl (C=O) groups is 2. The van der Waals surface area contributed by atoms with Gasteiger partial charge in [0.1, 0.15) is 23.5 Å². The number of nitrogens with zero attached hydrogens (tertiary/aromatic N) is 4. The lowest BCUT2D eigenvalue weighted by molar-refractivity contribution is -0.139. The highest BCUT2D eigenvalue weighted by Crippen LogP contribution is 2.37. The molecule has 35 heavy (non-hydrogen) atoms. The molecule has 0 spiro atoms. The average Bonchev–Trinajstić information content (AvgIpc) is 3.48. The van der Waals surface area contributed by atoms with Crippen molar-refractivity contribution in [2.24, 2.45) is 5.92 Å². The molecule has 2 N–H and O–H groups in total. The van der Waals surface area contributed by atoms with E-state index in [1.807, 2.05) is 31.7 Å². The molecule has 1 aromatic carbocycles.